The van der Waals surface area contributed by atoms with Crippen LogP contribution in [0.5, 0.6) is 5.75 Å². The molecule has 0 saturated carbocycles. The molecule has 0 unspecified atom stereocenters. The third kappa shape index (κ3) is 3.28. The molecule has 2 rings (SSSR count). The third-order valence-corrected chi connectivity index (χ3v) is 4.05. The topological polar surface area (TPSA) is 32.7 Å². The summed E-state index contributed by atoms with van der Waals surface area (Å²) in [6.07, 6.45) is 4.46. The van der Waals surface area contributed by atoms with Crippen LogP contribution in [0.25, 0.3) is 0 Å². The number of hydrogen-bond acceptors (Lipinski definition) is 3. The number of methoxy groups -OCH3 is 1. The Bertz CT molecular complexity index is 400. The second-order valence-electron chi connectivity index (χ2n) is 5.25. The maximum atomic E-state index is 9.21. The fourth-order valence-electron chi connectivity index (χ4n) is 3.15. The van der Waals surface area contributed by atoms with E-state index in [1.807, 2.05) is 0 Å². The first kappa shape index (κ1) is 14.4. The van der Waals surface area contributed by atoms with Crippen LogP contribution in [-0.4, -0.2) is 42.9 Å². The monoisotopic (exact) mass is 263 g/mol. The van der Waals surface area contributed by atoms with Gasteiger partial charge in [0, 0.05) is 12.6 Å². The second kappa shape index (κ2) is 6.92. The summed E-state index contributed by atoms with van der Waals surface area (Å²) in [7, 11) is 1.75. The van der Waals surface area contributed by atoms with Crippen molar-refractivity contribution in [1.29, 1.82) is 0 Å². The highest BCUT2D eigenvalue weighted by Crippen LogP contribution is 2.31. The van der Waals surface area contributed by atoms with E-state index in [2.05, 4.69) is 30.0 Å². The summed E-state index contributed by atoms with van der Waals surface area (Å²) < 4.78 is 5.45. The highest BCUT2D eigenvalue weighted by Gasteiger charge is 2.25. The molecular formula is C16H25NO2. The van der Waals surface area contributed by atoms with Crippen molar-refractivity contribution < 1.29 is 9.84 Å². The number of nitrogens with zero attached hydrogens (tertiary/aromatic N) is 1. The van der Waals surface area contributed by atoms with Gasteiger partial charge in [-0.1, -0.05) is 19.1 Å². The lowest BCUT2D eigenvalue weighted by molar-refractivity contribution is 0.139. The molecule has 1 atom stereocenters. The zero-order chi connectivity index (χ0) is 13.7. The Morgan fingerprint density at radius 3 is 2.89 bits per heavy atom. The molecule has 0 amide bonds. The molecule has 0 aromatic heterocycles. The number of fused-ring (bicyclic) bond motifs is 1. The van der Waals surface area contributed by atoms with Gasteiger partial charge in [-0.25, -0.2) is 0 Å². The van der Waals surface area contributed by atoms with Crippen molar-refractivity contribution in [3.8, 4) is 5.75 Å². The van der Waals surface area contributed by atoms with Crippen molar-refractivity contribution >= 4 is 0 Å². The van der Waals surface area contributed by atoms with Crippen LogP contribution in [0.1, 0.15) is 30.9 Å². The zero-order valence-corrected chi connectivity index (χ0v) is 12.1. The lowest BCUT2D eigenvalue weighted by Gasteiger charge is -2.35. The fourth-order valence-corrected chi connectivity index (χ4v) is 3.15. The van der Waals surface area contributed by atoms with Crippen molar-refractivity contribution in [2.24, 2.45) is 0 Å². The van der Waals surface area contributed by atoms with Gasteiger partial charge in [-0.2, -0.15) is 0 Å². The largest absolute Gasteiger partial charge is 0.496 e. The van der Waals surface area contributed by atoms with Crippen molar-refractivity contribution in [1.82, 2.24) is 4.90 Å². The second-order valence-corrected chi connectivity index (χ2v) is 5.25. The summed E-state index contributed by atoms with van der Waals surface area (Å²) >= 11 is 0. The van der Waals surface area contributed by atoms with Gasteiger partial charge in [-0.05, 0) is 49.4 Å². The van der Waals surface area contributed by atoms with Crippen LogP contribution in [0, 0.1) is 0 Å². The summed E-state index contributed by atoms with van der Waals surface area (Å²) in [6.45, 7) is 4.31. The van der Waals surface area contributed by atoms with Crippen LogP contribution in [0.3, 0.4) is 0 Å². The van der Waals surface area contributed by atoms with E-state index in [-0.39, 0.29) is 6.61 Å². The molecule has 3 heteroatoms. The highest BCUT2D eigenvalue weighted by atomic mass is 16.5. The van der Waals surface area contributed by atoms with Crippen molar-refractivity contribution in [2.75, 3.05) is 26.8 Å². The van der Waals surface area contributed by atoms with Gasteiger partial charge in [0.1, 0.15) is 5.75 Å². The number of aliphatic hydroxyl groups excluding tert-OH is 1. The first-order chi connectivity index (χ1) is 9.30. The minimum Gasteiger partial charge on any atom is -0.496 e. The average molecular weight is 263 g/mol. The van der Waals surface area contributed by atoms with Gasteiger partial charge in [-0.15, -0.1) is 0 Å². The van der Waals surface area contributed by atoms with Gasteiger partial charge in [0.25, 0.3) is 0 Å². The zero-order valence-electron chi connectivity index (χ0n) is 12.1. The quantitative estimate of drug-likeness (QED) is 0.854. The van der Waals surface area contributed by atoms with Crippen molar-refractivity contribution in [2.45, 2.75) is 38.6 Å². The maximum absolute atomic E-state index is 9.21. The summed E-state index contributed by atoms with van der Waals surface area (Å²) in [4.78, 5) is 2.43. The molecule has 0 spiro atoms. The number of rotatable bonds is 6. The van der Waals surface area contributed by atoms with Crippen LogP contribution < -0.4 is 4.74 Å². The molecule has 0 bridgehead atoms. The number of benzene rings is 1. The Kier molecular flexibility index (Phi) is 5.23. The van der Waals surface area contributed by atoms with Gasteiger partial charge in [0.15, 0.2) is 0 Å². The number of aliphatic hydroxyl groups is 1. The summed E-state index contributed by atoms with van der Waals surface area (Å²) in [6, 6.07) is 6.91. The van der Waals surface area contributed by atoms with E-state index >= 15 is 0 Å². The summed E-state index contributed by atoms with van der Waals surface area (Å²) in [5.41, 5.74) is 2.79. The van der Waals surface area contributed by atoms with Gasteiger partial charge in [-0.3, -0.25) is 4.90 Å². The van der Waals surface area contributed by atoms with E-state index in [1.54, 1.807) is 7.11 Å². The van der Waals surface area contributed by atoms with Crippen LogP contribution >= 0.6 is 0 Å². The standard InChI is InChI=1S/C16H25NO2/c1-3-9-17(10-11-18)14-7-8-15-13(12-14)5-4-6-16(15)19-2/h4-6,14,18H,3,7-12H2,1-2H3/t14-/m0/s1. The highest BCUT2D eigenvalue weighted by molar-refractivity contribution is 5.42. The Morgan fingerprint density at radius 2 is 2.21 bits per heavy atom. The molecule has 0 saturated heterocycles. The molecule has 0 radical (unpaired) electrons. The normalized spacial score (nSPS) is 18.4. The molecule has 1 aliphatic carbocycles. The Hall–Kier alpha value is -1.06. The lowest BCUT2D eigenvalue weighted by Crippen LogP contribution is -2.41. The molecule has 1 aromatic carbocycles. The Morgan fingerprint density at radius 1 is 1.37 bits per heavy atom. The Labute approximate surface area is 116 Å². The molecule has 3 nitrogen and oxygen atoms in total. The molecule has 0 aliphatic heterocycles. The minimum absolute atomic E-state index is 0.251. The number of ether oxygens (including phenoxy) is 1. The van der Waals surface area contributed by atoms with E-state index in [4.69, 9.17) is 4.74 Å². The molecule has 106 valence electrons. The third-order valence-electron chi connectivity index (χ3n) is 4.05. The van der Waals surface area contributed by atoms with Gasteiger partial charge >= 0.3 is 0 Å². The van der Waals surface area contributed by atoms with E-state index in [0.717, 1.165) is 44.5 Å². The smallest absolute Gasteiger partial charge is 0.122 e. The Balaban J connectivity index is 2.12. The summed E-state index contributed by atoms with van der Waals surface area (Å²) in [5.74, 6) is 1.03. The predicted octanol–water partition coefficient (Wildman–Crippen LogP) is 2.26. The SMILES string of the molecule is CCCN(CCO)[C@H]1CCc2c(cccc2OC)C1. The molecule has 1 aliphatic rings. The molecule has 0 heterocycles. The van der Waals surface area contributed by atoms with Crippen LogP contribution in [-0.2, 0) is 12.8 Å². The minimum atomic E-state index is 0.251. The van der Waals surface area contributed by atoms with Gasteiger partial charge in [0.05, 0.1) is 13.7 Å². The molecule has 1 N–H and O–H groups in total. The predicted molar refractivity (Wildman–Crippen MR) is 77.8 cm³/mol. The fraction of sp³-hybridized carbons (Fsp3) is 0.625. The van der Waals surface area contributed by atoms with Crippen molar-refractivity contribution in [3.63, 3.8) is 0 Å². The number of hydrogen-bond donors (Lipinski definition) is 1. The maximum Gasteiger partial charge on any atom is 0.122 e. The molecule has 19 heavy (non-hydrogen) atoms. The summed E-state index contributed by atoms with van der Waals surface area (Å²) in [5, 5.41) is 9.21. The molecule has 1 aromatic rings. The molecular weight excluding hydrogens is 238 g/mol. The first-order valence-corrected chi connectivity index (χ1v) is 7.29. The van der Waals surface area contributed by atoms with Crippen LogP contribution in [0.15, 0.2) is 18.2 Å². The van der Waals surface area contributed by atoms with Crippen molar-refractivity contribution in [3.05, 3.63) is 29.3 Å². The van der Waals surface area contributed by atoms with E-state index in [1.165, 1.54) is 11.1 Å². The average Bonchev–Trinajstić information content (AvgIpc) is 2.45. The van der Waals surface area contributed by atoms with Crippen LogP contribution in [0.4, 0.5) is 0 Å². The van der Waals surface area contributed by atoms with Gasteiger partial charge in [0.2, 0.25) is 0 Å². The van der Waals surface area contributed by atoms with E-state index in [0.29, 0.717) is 6.04 Å². The van der Waals surface area contributed by atoms with Gasteiger partial charge < -0.3 is 9.84 Å². The lowest BCUT2D eigenvalue weighted by atomic mass is 9.86. The molecule has 0 fully saturated rings. The first-order valence-electron chi connectivity index (χ1n) is 7.29. The van der Waals surface area contributed by atoms with Crippen LogP contribution in [0.2, 0.25) is 0 Å². The van der Waals surface area contributed by atoms with E-state index < -0.39 is 0 Å². The van der Waals surface area contributed by atoms with E-state index in [9.17, 15) is 5.11 Å².